The van der Waals surface area contributed by atoms with Crippen LogP contribution in [-0.2, 0) is 11.2 Å². The van der Waals surface area contributed by atoms with Gasteiger partial charge < -0.3 is 10.2 Å². The van der Waals surface area contributed by atoms with Crippen molar-refractivity contribution in [2.24, 2.45) is 11.8 Å². The molecule has 1 amide bonds. The summed E-state index contributed by atoms with van der Waals surface area (Å²) in [5.74, 6) is 0.658. The lowest BCUT2D eigenvalue weighted by Gasteiger charge is -2.26. The average Bonchev–Trinajstić information content (AvgIpc) is 2.42. The van der Waals surface area contributed by atoms with Crippen LogP contribution in [-0.4, -0.2) is 38.0 Å². The molecule has 1 N–H and O–H groups in total. The number of amides is 1. The second-order valence-corrected chi connectivity index (χ2v) is 5.40. The first-order valence-electron chi connectivity index (χ1n) is 6.99. The third kappa shape index (κ3) is 5.03. The number of benzene rings is 1. The van der Waals surface area contributed by atoms with E-state index in [1.807, 2.05) is 37.2 Å². The SMILES string of the molecule is CNCC(C(=O)N(C)CCc1ccccc1)C(C)C. The molecule has 0 fully saturated rings. The summed E-state index contributed by atoms with van der Waals surface area (Å²) in [5, 5.41) is 3.11. The van der Waals surface area contributed by atoms with Crippen molar-refractivity contribution in [1.82, 2.24) is 10.2 Å². The zero-order chi connectivity index (χ0) is 14.3. The summed E-state index contributed by atoms with van der Waals surface area (Å²) < 4.78 is 0. The molecule has 0 bridgehead atoms. The molecule has 0 spiro atoms. The second kappa shape index (κ2) is 7.95. The Morgan fingerprint density at radius 3 is 2.42 bits per heavy atom. The maximum atomic E-state index is 12.4. The van der Waals surface area contributed by atoms with Crippen molar-refractivity contribution in [3.05, 3.63) is 35.9 Å². The normalized spacial score (nSPS) is 12.5. The van der Waals surface area contributed by atoms with Gasteiger partial charge in [-0.25, -0.2) is 0 Å². The number of carbonyl (C=O) groups excluding carboxylic acids is 1. The fourth-order valence-electron chi connectivity index (χ4n) is 2.16. The van der Waals surface area contributed by atoms with Gasteiger partial charge >= 0.3 is 0 Å². The molecule has 0 heterocycles. The molecule has 0 aliphatic rings. The maximum absolute atomic E-state index is 12.4. The molecule has 1 unspecified atom stereocenters. The van der Waals surface area contributed by atoms with E-state index in [1.165, 1.54) is 5.56 Å². The highest BCUT2D eigenvalue weighted by Gasteiger charge is 2.24. The number of carbonyl (C=O) groups is 1. The Balaban J connectivity index is 2.51. The minimum atomic E-state index is 0.0609. The molecule has 0 saturated heterocycles. The predicted molar refractivity (Wildman–Crippen MR) is 80.0 cm³/mol. The topological polar surface area (TPSA) is 32.3 Å². The van der Waals surface area contributed by atoms with Gasteiger partial charge in [-0.1, -0.05) is 44.2 Å². The van der Waals surface area contributed by atoms with E-state index in [9.17, 15) is 4.79 Å². The minimum absolute atomic E-state index is 0.0609. The Bertz CT molecular complexity index is 376. The molecule has 0 aliphatic heterocycles. The molecule has 19 heavy (non-hydrogen) atoms. The zero-order valence-electron chi connectivity index (χ0n) is 12.5. The summed E-state index contributed by atoms with van der Waals surface area (Å²) in [5.41, 5.74) is 1.27. The molecule has 1 rings (SSSR count). The first kappa shape index (κ1) is 15.7. The van der Waals surface area contributed by atoms with Crippen molar-refractivity contribution in [2.75, 3.05) is 27.2 Å². The van der Waals surface area contributed by atoms with Gasteiger partial charge in [0.25, 0.3) is 0 Å². The van der Waals surface area contributed by atoms with Gasteiger partial charge in [0.2, 0.25) is 5.91 Å². The van der Waals surface area contributed by atoms with Crippen LogP contribution in [0.15, 0.2) is 30.3 Å². The third-order valence-electron chi connectivity index (χ3n) is 3.50. The first-order chi connectivity index (χ1) is 9.06. The van der Waals surface area contributed by atoms with Crippen LogP contribution >= 0.6 is 0 Å². The van der Waals surface area contributed by atoms with Gasteiger partial charge in [-0.3, -0.25) is 4.79 Å². The molecule has 106 valence electrons. The van der Waals surface area contributed by atoms with Crippen molar-refractivity contribution < 1.29 is 4.79 Å². The van der Waals surface area contributed by atoms with Crippen molar-refractivity contribution >= 4 is 5.91 Å². The number of likely N-dealkylation sites (N-methyl/N-ethyl adjacent to an activating group) is 1. The second-order valence-electron chi connectivity index (χ2n) is 5.40. The monoisotopic (exact) mass is 262 g/mol. The molecular weight excluding hydrogens is 236 g/mol. The predicted octanol–water partition coefficient (Wildman–Crippen LogP) is 2.18. The van der Waals surface area contributed by atoms with E-state index in [1.54, 1.807) is 0 Å². The highest BCUT2D eigenvalue weighted by molar-refractivity contribution is 5.79. The van der Waals surface area contributed by atoms with E-state index in [4.69, 9.17) is 0 Å². The van der Waals surface area contributed by atoms with Crippen LogP contribution in [0.25, 0.3) is 0 Å². The maximum Gasteiger partial charge on any atom is 0.226 e. The number of hydrogen-bond acceptors (Lipinski definition) is 2. The van der Waals surface area contributed by atoms with Gasteiger partial charge in [-0.15, -0.1) is 0 Å². The van der Waals surface area contributed by atoms with Crippen LogP contribution in [0.4, 0.5) is 0 Å². The molecule has 1 aromatic carbocycles. The Morgan fingerprint density at radius 2 is 1.89 bits per heavy atom. The summed E-state index contributed by atoms with van der Waals surface area (Å²) in [7, 11) is 3.79. The highest BCUT2D eigenvalue weighted by Crippen LogP contribution is 2.13. The third-order valence-corrected chi connectivity index (χ3v) is 3.50. The zero-order valence-corrected chi connectivity index (χ0v) is 12.5. The number of hydrogen-bond donors (Lipinski definition) is 1. The smallest absolute Gasteiger partial charge is 0.226 e. The van der Waals surface area contributed by atoms with Crippen LogP contribution in [0, 0.1) is 11.8 Å². The van der Waals surface area contributed by atoms with E-state index in [-0.39, 0.29) is 11.8 Å². The van der Waals surface area contributed by atoms with E-state index in [0.717, 1.165) is 19.5 Å². The van der Waals surface area contributed by atoms with E-state index < -0.39 is 0 Å². The summed E-state index contributed by atoms with van der Waals surface area (Å²) in [6.45, 7) is 5.72. The number of rotatable bonds is 7. The molecule has 0 radical (unpaired) electrons. The molecule has 1 atom stereocenters. The van der Waals surface area contributed by atoms with Gasteiger partial charge in [0.1, 0.15) is 0 Å². The molecule has 1 aromatic rings. The van der Waals surface area contributed by atoms with Crippen LogP contribution in [0.2, 0.25) is 0 Å². The van der Waals surface area contributed by atoms with Crippen LogP contribution < -0.4 is 5.32 Å². The summed E-state index contributed by atoms with van der Waals surface area (Å²) in [4.78, 5) is 14.2. The lowest BCUT2D eigenvalue weighted by atomic mass is 9.94. The standard InChI is InChI=1S/C16H26N2O/c1-13(2)15(12-17-3)16(19)18(4)11-10-14-8-6-5-7-9-14/h5-9,13,15,17H,10-12H2,1-4H3. The fraction of sp³-hybridized carbons (Fsp3) is 0.562. The fourth-order valence-corrected chi connectivity index (χ4v) is 2.16. The quantitative estimate of drug-likeness (QED) is 0.817. The van der Waals surface area contributed by atoms with Gasteiger partial charge in [0.05, 0.1) is 5.92 Å². The largest absolute Gasteiger partial charge is 0.345 e. The van der Waals surface area contributed by atoms with Gasteiger partial charge in [-0.2, -0.15) is 0 Å². The Hall–Kier alpha value is -1.35. The van der Waals surface area contributed by atoms with E-state index in [0.29, 0.717) is 5.92 Å². The van der Waals surface area contributed by atoms with Crippen molar-refractivity contribution in [3.63, 3.8) is 0 Å². The lowest BCUT2D eigenvalue weighted by molar-refractivity contribution is -0.135. The van der Waals surface area contributed by atoms with Gasteiger partial charge in [-0.05, 0) is 24.9 Å². The van der Waals surface area contributed by atoms with Gasteiger partial charge in [0.15, 0.2) is 0 Å². The van der Waals surface area contributed by atoms with Crippen molar-refractivity contribution in [1.29, 1.82) is 0 Å². The van der Waals surface area contributed by atoms with Crippen LogP contribution in [0.3, 0.4) is 0 Å². The van der Waals surface area contributed by atoms with E-state index >= 15 is 0 Å². The Morgan fingerprint density at radius 1 is 1.26 bits per heavy atom. The average molecular weight is 262 g/mol. The Kier molecular flexibility index (Phi) is 6.57. The van der Waals surface area contributed by atoms with Gasteiger partial charge in [0, 0.05) is 20.1 Å². The summed E-state index contributed by atoms with van der Waals surface area (Å²) >= 11 is 0. The van der Waals surface area contributed by atoms with Crippen LogP contribution in [0.5, 0.6) is 0 Å². The molecule has 3 heteroatoms. The molecular formula is C16H26N2O. The Labute approximate surface area is 117 Å². The summed E-state index contributed by atoms with van der Waals surface area (Å²) in [6, 6.07) is 10.3. The molecule has 0 saturated carbocycles. The number of nitrogens with zero attached hydrogens (tertiary/aromatic N) is 1. The molecule has 0 aliphatic carbocycles. The minimum Gasteiger partial charge on any atom is -0.345 e. The molecule has 0 aromatic heterocycles. The van der Waals surface area contributed by atoms with E-state index in [2.05, 4.69) is 31.3 Å². The molecule has 3 nitrogen and oxygen atoms in total. The highest BCUT2D eigenvalue weighted by atomic mass is 16.2. The van der Waals surface area contributed by atoms with Crippen LogP contribution in [0.1, 0.15) is 19.4 Å². The number of nitrogens with one attached hydrogen (secondary N) is 1. The summed E-state index contributed by atoms with van der Waals surface area (Å²) in [6.07, 6.45) is 0.910. The van der Waals surface area contributed by atoms with Crippen molar-refractivity contribution in [3.8, 4) is 0 Å². The van der Waals surface area contributed by atoms with Crippen molar-refractivity contribution in [2.45, 2.75) is 20.3 Å². The first-order valence-corrected chi connectivity index (χ1v) is 6.99. The lowest BCUT2D eigenvalue weighted by Crippen LogP contribution is -2.40.